The van der Waals surface area contributed by atoms with Gasteiger partial charge in [0.15, 0.2) is 17.5 Å². The molecule has 5 aromatic carbocycles. The van der Waals surface area contributed by atoms with Gasteiger partial charge in [-0.25, -0.2) is 24.9 Å². The summed E-state index contributed by atoms with van der Waals surface area (Å²) in [7, 11) is 0. The van der Waals surface area contributed by atoms with Gasteiger partial charge >= 0.3 is 0 Å². The maximum Gasteiger partial charge on any atom is 0.164 e. The minimum Gasteiger partial charge on any atom is -0.250 e. The lowest BCUT2D eigenvalue weighted by Crippen LogP contribution is -2.13. The molecule has 0 aliphatic rings. The summed E-state index contributed by atoms with van der Waals surface area (Å²) in [5.74, 6) is 1.85. The van der Waals surface area contributed by atoms with E-state index in [1.807, 2.05) is 66.7 Å². The van der Waals surface area contributed by atoms with Crippen LogP contribution in [0.25, 0.3) is 78.4 Å². The fourth-order valence-electron chi connectivity index (χ4n) is 6.03. The van der Waals surface area contributed by atoms with Gasteiger partial charge in [0.25, 0.3) is 0 Å². The van der Waals surface area contributed by atoms with Crippen LogP contribution in [0.15, 0.2) is 146 Å². The van der Waals surface area contributed by atoms with E-state index >= 15 is 0 Å². The number of hydrogen-bond donors (Lipinski definition) is 0. The molecule has 0 saturated carbocycles. The highest BCUT2D eigenvalue weighted by atomic mass is 15.0. The molecule has 0 radical (unpaired) electrons. The van der Waals surface area contributed by atoms with Crippen LogP contribution < -0.4 is 0 Å². The summed E-state index contributed by atoms with van der Waals surface area (Å²) >= 11 is 0. The Bertz CT molecular complexity index is 2360. The summed E-state index contributed by atoms with van der Waals surface area (Å²) in [4.78, 5) is 25.5. The van der Waals surface area contributed by atoms with Gasteiger partial charge in [-0.2, -0.15) is 0 Å². The van der Waals surface area contributed by atoms with Crippen molar-refractivity contribution in [2.24, 2.45) is 0 Å². The van der Waals surface area contributed by atoms with Crippen molar-refractivity contribution in [3.63, 3.8) is 0 Å². The largest absolute Gasteiger partial charge is 0.250 e. The molecule has 8 rings (SSSR count). The first-order valence-electron chi connectivity index (χ1n) is 16.2. The third kappa shape index (κ3) is 5.60. The van der Waals surface area contributed by atoms with E-state index in [9.17, 15) is 0 Å². The topological polar surface area (TPSA) is 64.5 Å². The molecule has 8 aromatic rings. The van der Waals surface area contributed by atoms with Crippen LogP contribution in [0.4, 0.5) is 0 Å². The molecule has 3 aromatic heterocycles. The van der Waals surface area contributed by atoms with E-state index in [4.69, 9.17) is 24.9 Å². The van der Waals surface area contributed by atoms with Crippen molar-refractivity contribution in [2.45, 2.75) is 26.2 Å². The summed E-state index contributed by atoms with van der Waals surface area (Å²) in [6, 6.07) is 49.7. The summed E-state index contributed by atoms with van der Waals surface area (Å²) in [5.41, 5.74) is 9.50. The smallest absolute Gasteiger partial charge is 0.164 e. The first-order chi connectivity index (χ1) is 23.4. The van der Waals surface area contributed by atoms with E-state index < -0.39 is 0 Å². The SMILES string of the molecule is CC(C)(C)c1ccc2ccc3ccc(-c4ccc(-c5ccccc5)c(-c5nc(-c6ccccc6)nc(-c6ccccc6)n5)c4)nc3c2n1. The van der Waals surface area contributed by atoms with Crippen LogP contribution in [0, 0.1) is 0 Å². The number of benzene rings is 5. The fourth-order valence-corrected chi connectivity index (χ4v) is 6.03. The Morgan fingerprint density at radius 1 is 0.375 bits per heavy atom. The molecule has 0 amide bonds. The van der Waals surface area contributed by atoms with Gasteiger partial charge in [0, 0.05) is 44.1 Å². The van der Waals surface area contributed by atoms with Gasteiger partial charge in [0.05, 0.1) is 16.7 Å². The van der Waals surface area contributed by atoms with Gasteiger partial charge < -0.3 is 0 Å². The van der Waals surface area contributed by atoms with E-state index in [-0.39, 0.29) is 5.41 Å². The molecule has 0 atom stereocenters. The Labute approximate surface area is 280 Å². The van der Waals surface area contributed by atoms with Crippen molar-refractivity contribution in [2.75, 3.05) is 0 Å². The fraction of sp³-hybridized carbons (Fsp3) is 0.0930. The minimum absolute atomic E-state index is 0.0715. The van der Waals surface area contributed by atoms with Crippen molar-refractivity contribution >= 4 is 21.8 Å². The van der Waals surface area contributed by atoms with Crippen LogP contribution in [-0.4, -0.2) is 24.9 Å². The van der Waals surface area contributed by atoms with Crippen LogP contribution in [0.3, 0.4) is 0 Å². The van der Waals surface area contributed by atoms with Crippen molar-refractivity contribution < 1.29 is 0 Å². The molecule has 0 N–H and O–H groups in total. The van der Waals surface area contributed by atoms with Gasteiger partial charge in [0.1, 0.15) is 0 Å². The zero-order valence-corrected chi connectivity index (χ0v) is 27.1. The second kappa shape index (κ2) is 11.9. The number of pyridine rings is 2. The first kappa shape index (κ1) is 29.3. The third-order valence-electron chi connectivity index (χ3n) is 8.63. The van der Waals surface area contributed by atoms with Crippen LogP contribution in [0.5, 0.6) is 0 Å². The second-order valence-corrected chi connectivity index (χ2v) is 13.0. The van der Waals surface area contributed by atoms with E-state index in [1.54, 1.807) is 0 Å². The van der Waals surface area contributed by atoms with Crippen molar-refractivity contribution in [3.8, 4) is 56.5 Å². The monoisotopic (exact) mass is 619 g/mol. The lowest BCUT2D eigenvalue weighted by Gasteiger charge is -2.18. The van der Waals surface area contributed by atoms with Crippen LogP contribution >= 0.6 is 0 Å². The van der Waals surface area contributed by atoms with Gasteiger partial charge in [-0.3, -0.25) is 0 Å². The standard InChI is InChI=1S/C43H33N5/c1-43(2,3)37-26-23-30-20-19-29-22-25-36(44-38(29)39(30)45-37)33-21-24-34(28-13-7-4-8-14-28)35(27-33)42-47-40(31-15-9-5-10-16-31)46-41(48-42)32-17-11-6-12-18-32/h4-27H,1-3H3. The van der Waals surface area contributed by atoms with Gasteiger partial charge in [-0.05, 0) is 29.3 Å². The molecule has 0 unspecified atom stereocenters. The van der Waals surface area contributed by atoms with Gasteiger partial charge in [-0.15, -0.1) is 0 Å². The maximum absolute atomic E-state index is 5.25. The Balaban J connectivity index is 1.35. The van der Waals surface area contributed by atoms with E-state index in [0.717, 1.165) is 66.6 Å². The lowest BCUT2D eigenvalue weighted by molar-refractivity contribution is 0.571. The average molecular weight is 620 g/mol. The number of nitrogens with zero attached hydrogens (tertiary/aromatic N) is 5. The molecule has 0 aliphatic carbocycles. The predicted molar refractivity (Wildman–Crippen MR) is 196 cm³/mol. The molecular weight excluding hydrogens is 587 g/mol. The summed E-state index contributed by atoms with van der Waals surface area (Å²) in [6.45, 7) is 6.57. The summed E-state index contributed by atoms with van der Waals surface area (Å²) in [5, 5.41) is 2.13. The highest BCUT2D eigenvalue weighted by Crippen LogP contribution is 2.36. The van der Waals surface area contributed by atoms with E-state index in [1.165, 1.54) is 0 Å². The Kier molecular flexibility index (Phi) is 7.30. The second-order valence-electron chi connectivity index (χ2n) is 13.0. The highest BCUT2D eigenvalue weighted by molar-refractivity contribution is 6.03. The average Bonchev–Trinajstić information content (AvgIpc) is 3.14. The molecule has 5 heteroatoms. The molecular formula is C43H33N5. The minimum atomic E-state index is -0.0715. The molecule has 0 spiro atoms. The van der Waals surface area contributed by atoms with Crippen molar-refractivity contribution in [1.82, 2.24) is 24.9 Å². The number of fused-ring (bicyclic) bond motifs is 3. The molecule has 0 aliphatic heterocycles. The molecule has 230 valence electrons. The molecule has 48 heavy (non-hydrogen) atoms. The van der Waals surface area contributed by atoms with Crippen LogP contribution in [0.2, 0.25) is 0 Å². The Hall–Kier alpha value is -6.07. The molecule has 0 fully saturated rings. The molecule has 5 nitrogen and oxygen atoms in total. The molecule has 0 bridgehead atoms. The Morgan fingerprint density at radius 2 is 0.875 bits per heavy atom. The number of aromatic nitrogens is 5. The van der Waals surface area contributed by atoms with Gasteiger partial charge in [-0.1, -0.05) is 148 Å². The normalized spacial score (nSPS) is 11.6. The molecule has 0 saturated heterocycles. The van der Waals surface area contributed by atoms with Crippen molar-refractivity contribution in [1.29, 1.82) is 0 Å². The lowest BCUT2D eigenvalue weighted by atomic mass is 9.91. The van der Waals surface area contributed by atoms with Crippen LogP contribution in [0.1, 0.15) is 26.5 Å². The molecule has 3 heterocycles. The highest BCUT2D eigenvalue weighted by Gasteiger charge is 2.19. The summed E-state index contributed by atoms with van der Waals surface area (Å²) in [6.07, 6.45) is 0. The third-order valence-corrected chi connectivity index (χ3v) is 8.63. The first-order valence-corrected chi connectivity index (χ1v) is 16.2. The van der Waals surface area contributed by atoms with Gasteiger partial charge in [0.2, 0.25) is 0 Å². The summed E-state index contributed by atoms with van der Waals surface area (Å²) < 4.78 is 0. The maximum atomic E-state index is 5.25. The van der Waals surface area contributed by atoms with Crippen molar-refractivity contribution in [3.05, 3.63) is 151 Å². The van der Waals surface area contributed by atoms with E-state index in [0.29, 0.717) is 17.5 Å². The zero-order chi connectivity index (χ0) is 32.7. The van der Waals surface area contributed by atoms with Crippen LogP contribution in [-0.2, 0) is 5.41 Å². The number of rotatable bonds is 5. The van der Waals surface area contributed by atoms with E-state index in [2.05, 4.69) is 99.6 Å². The number of hydrogen-bond acceptors (Lipinski definition) is 5. The predicted octanol–water partition coefficient (Wildman–Crippen LogP) is 10.6. The Morgan fingerprint density at radius 3 is 1.46 bits per heavy atom. The quantitative estimate of drug-likeness (QED) is 0.179. The zero-order valence-electron chi connectivity index (χ0n) is 27.1.